The number of benzene rings is 2. The van der Waals surface area contributed by atoms with Crippen LogP contribution in [-0.2, 0) is 6.42 Å². The van der Waals surface area contributed by atoms with E-state index in [2.05, 4.69) is 5.73 Å². The molecule has 0 bridgehead atoms. The minimum atomic E-state index is -0.461. The summed E-state index contributed by atoms with van der Waals surface area (Å²) >= 11 is 0. The molecule has 0 saturated carbocycles. The van der Waals surface area contributed by atoms with Crippen molar-refractivity contribution in [3.63, 3.8) is 0 Å². The van der Waals surface area contributed by atoms with Crippen LogP contribution in [0.1, 0.15) is 22.3 Å². The highest BCUT2D eigenvalue weighted by atomic mass is 35.5. The zero-order valence-electron chi connectivity index (χ0n) is 11.6. The highest BCUT2D eigenvalue weighted by Crippen LogP contribution is 2.26. The molecule has 0 aliphatic rings. The maximum absolute atomic E-state index is 13.0. The third kappa shape index (κ3) is 4.28. The van der Waals surface area contributed by atoms with Gasteiger partial charge in [-0.1, -0.05) is 18.2 Å². The van der Waals surface area contributed by atoms with Crippen molar-refractivity contribution in [3.05, 3.63) is 59.4 Å². The lowest BCUT2D eigenvalue weighted by molar-refractivity contribution is -0.368. The van der Waals surface area contributed by atoms with Crippen LogP contribution in [0.4, 0.5) is 4.39 Å². The molecule has 2 aromatic rings. The van der Waals surface area contributed by atoms with Crippen LogP contribution < -0.4 is 23.9 Å². The summed E-state index contributed by atoms with van der Waals surface area (Å²) in [4.78, 5) is 11.3. The van der Waals surface area contributed by atoms with E-state index in [-0.39, 0.29) is 18.2 Å². The van der Waals surface area contributed by atoms with Gasteiger partial charge in [0.2, 0.25) is 5.91 Å². The van der Waals surface area contributed by atoms with Gasteiger partial charge in [0.05, 0.1) is 6.54 Å². The minimum absolute atomic E-state index is 0. The SMILES string of the molecule is NC(=O)c1ccc(CCC[NH3+])c(-c2ccc(F)cc2)c1.[Cl-]. The monoisotopic (exact) mass is 308 g/mol. The van der Waals surface area contributed by atoms with Crippen LogP contribution in [0.15, 0.2) is 42.5 Å². The second-order valence-corrected chi connectivity index (χ2v) is 4.70. The summed E-state index contributed by atoms with van der Waals surface area (Å²) in [6.07, 6.45) is 1.83. The van der Waals surface area contributed by atoms with Gasteiger partial charge < -0.3 is 23.9 Å². The number of hydrogen-bond acceptors (Lipinski definition) is 1. The summed E-state index contributed by atoms with van der Waals surface area (Å²) in [7, 11) is 0. The zero-order valence-corrected chi connectivity index (χ0v) is 12.4. The topological polar surface area (TPSA) is 70.7 Å². The fourth-order valence-electron chi connectivity index (χ4n) is 2.16. The van der Waals surface area contributed by atoms with Crippen molar-refractivity contribution < 1.29 is 27.3 Å². The Balaban J connectivity index is 0.00000220. The van der Waals surface area contributed by atoms with Crippen LogP contribution in [0.2, 0.25) is 0 Å². The number of amides is 1. The zero-order chi connectivity index (χ0) is 14.5. The molecule has 1 amide bonds. The Morgan fingerprint density at radius 3 is 2.38 bits per heavy atom. The molecule has 0 spiro atoms. The number of hydrogen-bond donors (Lipinski definition) is 2. The van der Waals surface area contributed by atoms with Gasteiger partial charge in [0.25, 0.3) is 0 Å². The van der Waals surface area contributed by atoms with Gasteiger partial charge in [-0.25, -0.2) is 4.39 Å². The van der Waals surface area contributed by atoms with Crippen molar-refractivity contribution in [2.24, 2.45) is 5.73 Å². The maximum Gasteiger partial charge on any atom is 0.248 e. The molecule has 0 aromatic heterocycles. The normalized spacial score (nSPS) is 10.0. The molecule has 21 heavy (non-hydrogen) atoms. The summed E-state index contributed by atoms with van der Waals surface area (Å²) in [6.45, 7) is 0.848. The highest BCUT2D eigenvalue weighted by Gasteiger charge is 2.09. The lowest BCUT2D eigenvalue weighted by atomic mass is 9.94. The molecule has 112 valence electrons. The average molecular weight is 309 g/mol. The molecule has 2 aromatic carbocycles. The maximum atomic E-state index is 13.0. The van der Waals surface area contributed by atoms with Crippen molar-refractivity contribution >= 4 is 5.91 Å². The van der Waals surface area contributed by atoms with Gasteiger partial charge in [0, 0.05) is 12.0 Å². The Kier molecular flexibility index (Phi) is 6.34. The fourth-order valence-corrected chi connectivity index (χ4v) is 2.16. The van der Waals surface area contributed by atoms with E-state index < -0.39 is 5.91 Å². The molecule has 0 unspecified atom stereocenters. The smallest absolute Gasteiger partial charge is 0.248 e. The number of rotatable bonds is 5. The van der Waals surface area contributed by atoms with Crippen molar-refractivity contribution in [3.8, 4) is 11.1 Å². The molecule has 2 rings (SSSR count). The lowest BCUT2D eigenvalue weighted by Gasteiger charge is -2.11. The third-order valence-electron chi connectivity index (χ3n) is 3.25. The number of quaternary nitrogens is 1. The first-order chi connectivity index (χ1) is 9.61. The summed E-state index contributed by atoms with van der Waals surface area (Å²) < 4.78 is 13.0. The lowest BCUT2D eigenvalue weighted by Crippen LogP contribution is -3.00. The first kappa shape index (κ1) is 17.1. The molecule has 0 fully saturated rings. The highest BCUT2D eigenvalue weighted by molar-refractivity contribution is 5.94. The van der Waals surface area contributed by atoms with E-state index in [9.17, 15) is 9.18 Å². The largest absolute Gasteiger partial charge is 1.00 e. The Labute approximate surface area is 129 Å². The van der Waals surface area contributed by atoms with Crippen LogP contribution >= 0.6 is 0 Å². The van der Waals surface area contributed by atoms with Crippen molar-refractivity contribution in [2.75, 3.05) is 6.54 Å². The second kappa shape index (κ2) is 7.76. The number of primary amides is 1. The number of carbonyl (C=O) groups is 1. The molecule has 5 N–H and O–H groups in total. The molecular weight excluding hydrogens is 291 g/mol. The predicted octanol–water partition coefficient (Wildman–Crippen LogP) is -1.23. The molecule has 0 heterocycles. The Hall–Kier alpha value is -1.91. The molecule has 0 saturated heterocycles. The Morgan fingerprint density at radius 2 is 1.81 bits per heavy atom. The predicted molar refractivity (Wildman–Crippen MR) is 76.4 cm³/mol. The van der Waals surface area contributed by atoms with E-state index in [1.165, 1.54) is 12.1 Å². The number of carbonyl (C=O) groups excluding carboxylic acids is 1. The summed E-state index contributed by atoms with van der Waals surface area (Å²) in [5.74, 6) is -0.740. The van der Waals surface area contributed by atoms with Crippen LogP contribution in [-0.4, -0.2) is 12.5 Å². The van der Waals surface area contributed by atoms with E-state index >= 15 is 0 Å². The van der Waals surface area contributed by atoms with Crippen molar-refractivity contribution in [2.45, 2.75) is 12.8 Å². The fraction of sp³-hybridized carbons (Fsp3) is 0.188. The van der Waals surface area contributed by atoms with Gasteiger partial charge in [0.15, 0.2) is 0 Å². The van der Waals surface area contributed by atoms with Gasteiger partial charge in [-0.2, -0.15) is 0 Å². The first-order valence-corrected chi connectivity index (χ1v) is 6.59. The average Bonchev–Trinajstić information content (AvgIpc) is 2.45. The molecule has 5 heteroatoms. The van der Waals surface area contributed by atoms with E-state index in [0.717, 1.165) is 36.1 Å². The van der Waals surface area contributed by atoms with Gasteiger partial charge in [-0.05, 0) is 47.4 Å². The summed E-state index contributed by atoms with van der Waals surface area (Å²) in [5, 5.41) is 0. The van der Waals surface area contributed by atoms with Crippen molar-refractivity contribution in [1.82, 2.24) is 0 Å². The summed E-state index contributed by atoms with van der Waals surface area (Å²) in [6, 6.07) is 11.7. The number of aryl methyl sites for hydroxylation is 1. The first-order valence-electron chi connectivity index (χ1n) is 6.59. The molecule has 0 atom stereocenters. The molecule has 3 nitrogen and oxygen atoms in total. The Morgan fingerprint density at radius 1 is 1.14 bits per heavy atom. The van der Waals surface area contributed by atoms with Gasteiger partial charge in [0.1, 0.15) is 5.82 Å². The standard InChI is InChI=1S/C16H17FN2O.ClH/c17-14-7-5-12(6-8-14)15-10-13(16(19)20)4-3-11(15)2-1-9-18;/h3-8,10H,1-2,9,18H2,(H2,19,20);1H. The minimum Gasteiger partial charge on any atom is -1.00 e. The number of halogens is 2. The van der Waals surface area contributed by atoms with Gasteiger partial charge >= 0.3 is 0 Å². The van der Waals surface area contributed by atoms with Crippen LogP contribution in [0.3, 0.4) is 0 Å². The van der Waals surface area contributed by atoms with Crippen LogP contribution in [0.5, 0.6) is 0 Å². The Bertz CT molecular complexity index is 614. The van der Waals surface area contributed by atoms with E-state index in [1.54, 1.807) is 24.3 Å². The molecule has 0 aliphatic carbocycles. The van der Waals surface area contributed by atoms with E-state index in [1.807, 2.05) is 6.07 Å². The second-order valence-electron chi connectivity index (χ2n) is 4.70. The molecule has 0 aliphatic heterocycles. The van der Waals surface area contributed by atoms with Crippen LogP contribution in [0, 0.1) is 5.82 Å². The van der Waals surface area contributed by atoms with E-state index in [4.69, 9.17) is 5.73 Å². The van der Waals surface area contributed by atoms with Gasteiger partial charge in [-0.3, -0.25) is 4.79 Å². The quantitative estimate of drug-likeness (QED) is 0.713. The third-order valence-corrected chi connectivity index (χ3v) is 3.25. The molecular formula is C16H18ClFN2O. The van der Waals surface area contributed by atoms with E-state index in [0.29, 0.717) is 5.56 Å². The molecule has 0 radical (unpaired) electrons. The van der Waals surface area contributed by atoms with Crippen molar-refractivity contribution in [1.29, 1.82) is 0 Å². The van der Waals surface area contributed by atoms with Gasteiger partial charge in [-0.15, -0.1) is 0 Å². The summed E-state index contributed by atoms with van der Waals surface area (Å²) in [5.41, 5.74) is 12.5. The van der Waals surface area contributed by atoms with Crippen LogP contribution in [0.25, 0.3) is 11.1 Å². The number of nitrogens with two attached hydrogens (primary N) is 1.